The molecule has 11 heteroatoms. The zero-order valence-corrected chi connectivity index (χ0v) is 16.6. The lowest BCUT2D eigenvalue weighted by Crippen LogP contribution is -2.47. The van der Waals surface area contributed by atoms with Crippen molar-refractivity contribution in [2.45, 2.75) is 17.3 Å². The molecule has 0 amide bonds. The molecule has 1 aliphatic rings. The highest BCUT2D eigenvalue weighted by molar-refractivity contribution is 7.89. The van der Waals surface area contributed by atoms with Crippen LogP contribution in [-0.2, 0) is 10.0 Å². The summed E-state index contributed by atoms with van der Waals surface area (Å²) in [5.41, 5.74) is 0.579. The monoisotopic (exact) mass is 447 g/mol. The Labute approximate surface area is 171 Å². The Morgan fingerprint density at radius 2 is 1.63 bits per heavy atom. The Kier molecular flexibility index (Phi) is 6.96. The highest BCUT2D eigenvalue weighted by Gasteiger charge is 2.31. The molecule has 0 saturated carbocycles. The molecule has 0 unspecified atom stereocenters. The minimum atomic E-state index is -4.87. The van der Waals surface area contributed by atoms with Crippen molar-refractivity contribution < 1.29 is 30.7 Å². The van der Waals surface area contributed by atoms with Crippen LogP contribution in [0.2, 0.25) is 0 Å². The number of hydrogen-bond acceptors (Lipinski definition) is 5. The molecule has 0 spiro atoms. The van der Waals surface area contributed by atoms with Gasteiger partial charge in [0.05, 0.1) is 10.9 Å². The summed E-state index contributed by atoms with van der Waals surface area (Å²) in [6.07, 6.45) is -4.87. The molecular formula is C19H21F4N3O3S. The van der Waals surface area contributed by atoms with Gasteiger partial charge in [-0.2, -0.15) is 0 Å². The lowest BCUT2D eigenvalue weighted by molar-refractivity contribution is -0.274. The van der Waals surface area contributed by atoms with E-state index in [4.69, 9.17) is 0 Å². The molecule has 2 N–H and O–H groups in total. The quantitative estimate of drug-likeness (QED) is 0.639. The Morgan fingerprint density at radius 3 is 2.20 bits per heavy atom. The maximum absolute atomic E-state index is 13.3. The third kappa shape index (κ3) is 6.39. The summed E-state index contributed by atoms with van der Waals surface area (Å²) in [7, 11) is -4.05. The predicted octanol–water partition coefficient (Wildman–Crippen LogP) is 2.65. The van der Waals surface area contributed by atoms with Gasteiger partial charge in [-0.3, -0.25) is 4.90 Å². The van der Waals surface area contributed by atoms with Crippen LogP contribution in [0.3, 0.4) is 0 Å². The number of halogens is 4. The Hall–Kier alpha value is -2.21. The predicted molar refractivity (Wildman–Crippen MR) is 102 cm³/mol. The van der Waals surface area contributed by atoms with Crippen LogP contribution in [-0.4, -0.2) is 52.4 Å². The van der Waals surface area contributed by atoms with Crippen LogP contribution < -0.4 is 14.8 Å². The summed E-state index contributed by atoms with van der Waals surface area (Å²) in [6.45, 7) is 3.35. The molecule has 1 fully saturated rings. The maximum atomic E-state index is 13.3. The number of rotatable bonds is 7. The lowest BCUT2D eigenvalue weighted by atomic mass is 10.1. The number of benzene rings is 2. The number of nitrogens with zero attached hydrogens (tertiary/aromatic N) is 1. The molecule has 1 atom stereocenters. The molecule has 3 rings (SSSR count). The molecule has 6 nitrogen and oxygen atoms in total. The molecule has 1 saturated heterocycles. The molecule has 2 aromatic carbocycles. The van der Waals surface area contributed by atoms with Crippen molar-refractivity contribution in [3.63, 3.8) is 0 Å². The van der Waals surface area contributed by atoms with E-state index in [1.807, 2.05) is 0 Å². The van der Waals surface area contributed by atoms with Crippen LogP contribution in [0.15, 0.2) is 53.4 Å². The van der Waals surface area contributed by atoms with Crippen molar-refractivity contribution in [2.75, 3.05) is 32.7 Å². The van der Waals surface area contributed by atoms with Crippen molar-refractivity contribution in [1.82, 2.24) is 14.9 Å². The van der Waals surface area contributed by atoms with E-state index in [9.17, 15) is 26.0 Å². The van der Waals surface area contributed by atoms with E-state index in [1.54, 1.807) is 0 Å². The SMILES string of the molecule is O=S(=O)(N[C@@H](CN1CCNCC1)c1ccc(F)cc1)c1ccc(OC(F)(F)F)cc1. The molecule has 0 radical (unpaired) electrons. The fourth-order valence-corrected chi connectivity index (χ4v) is 4.35. The minimum absolute atomic E-state index is 0.204. The number of ether oxygens (including phenoxy) is 1. The summed E-state index contributed by atoms with van der Waals surface area (Å²) in [5, 5.41) is 3.21. The van der Waals surface area contributed by atoms with Gasteiger partial charge in [0.2, 0.25) is 10.0 Å². The summed E-state index contributed by atoms with van der Waals surface area (Å²) >= 11 is 0. The average Bonchev–Trinajstić information content (AvgIpc) is 2.68. The highest BCUT2D eigenvalue weighted by Crippen LogP contribution is 2.25. The first-order valence-electron chi connectivity index (χ1n) is 9.19. The van der Waals surface area contributed by atoms with Gasteiger partial charge in [0.1, 0.15) is 11.6 Å². The van der Waals surface area contributed by atoms with Crippen LogP contribution in [0.5, 0.6) is 5.75 Å². The number of alkyl halides is 3. The van der Waals surface area contributed by atoms with Gasteiger partial charge in [0.15, 0.2) is 0 Å². The third-order valence-electron chi connectivity index (χ3n) is 4.59. The summed E-state index contributed by atoms with van der Waals surface area (Å²) in [6, 6.07) is 8.79. The van der Waals surface area contributed by atoms with E-state index in [1.165, 1.54) is 24.3 Å². The molecule has 1 aliphatic heterocycles. The maximum Gasteiger partial charge on any atom is 0.573 e. The summed E-state index contributed by atoms with van der Waals surface area (Å²) in [5.74, 6) is -0.958. The van der Waals surface area contributed by atoms with E-state index in [2.05, 4.69) is 19.7 Å². The molecule has 1 heterocycles. The van der Waals surface area contributed by atoms with Crippen molar-refractivity contribution in [1.29, 1.82) is 0 Å². The first-order valence-corrected chi connectivity index (χ1v) is 10.7. The lowest BCUT2D eigenvalue weighted by Gasteiger charge is -2.31. The Balaban J connectivity index is 1.80. The van der Waals surface area contributed by atoms with E-state index in [0.29, 0.717) is 12.1 Å². The minimum Gasteiger partial charge on any atom is -0.406 e. The smallest absolute Gasteiger partial charge is 0.406 e. The topological polar surface area (TPSA) is 70.7 Å². The van der Waals surface area contributed by atoms with Crippen molar-refractivity contribution in [2.24, 2.45) is 0 Å². The third-order valence-corrected chi connectivity index (χ3v) is 6.08. The molecule has 164 valence electrons. The van der Waals surface area contributed by atoms with Crippen LogP contribution in [0.1, 0.15) is 11.6 Å². The van der Waals surface area contributed by atoms with E-state index >= 15 is 0 Å². The molecule has 30 heavy (non-hydrogen) atoms. The second-order valence-corrected chi connectivity index (χ2v) is 8.51. The zero-order chi connectivity index (χ0) is 21.8. The van der Waals surface area contributed by atoms with E-state index in [-0.39, 0.29) is 4.90 Å². The van der Waals surface area contributed by atoms with Crippen LogP contribution in [0.4, 0.5) is 17.6 Å². The molecule has 0 aliphatic carbocycles. The van der Waals surface area contributed by atoms with Gasteiger partial charge in [-0.25, -0.2) is 17.5 Å². The summed E-state index contributed by atoms with van der Waals surface area (Å²) in [4.78, 5) is 1.87. The zero-order valence-electron chi connectivity index (χ0n) is 15.8. The van der Waals surface area contributed by atoms with Gasteiger partial charge in [0.25, 0.3) is 0 Å². The Morgan fingerprint density at radius 1 is 1.03 bits per heavy atom. The van der Waals surface area contributed by atoms with E-state index in [0.717, 1.165) is 50.4 Å². The standard InChI is InChI=1S/C19H21F4N3O3S/c20-15-3-1-14(2-4-15)18(13-26-11-9-24-10-12-26)25-30(27,28)17-7-5-16(6-8-17)29-19(21,22)23/h1-8,18,24-25H,9-13H2/t18-/m0/s1. The van der Waals surface area contributed by atoms with Gasteiger partial charge in [-0.05, 0) is 42.0 Å². The second kappa shape index (κ2) is 9.29. The number of hydrogen-bond donors (Lipinski definition) is 2. The van der Waals surface area contributed by atoms with Crippen LogP contribution in [0.25, 0.3) is 0 Å². The van der Waals surface area contributed by atoms with Crippen LogP contribution >= 0.6 is 0 Å². The summed E-state index contributed by atoms with van der Waals surface area (Å²) < 4.78 is 82.2. The van der Waals surface area contributed by atoms with Crippen molar-refractivity contribution in [3.05, 3.63) is 59.9 Å². The number of sulfonamides is 1. The highest BCUT2D eigenvalue weighted by atomic mass is 32.2. The Bertz CT molecular complexity index is 929. The fraction of sp³-hybridized carbons (Fsp3) is 0.368. The second-order valence-electron chi connectivity index (χ2n) is 6.80. The van der Waals surface area contributed by atoms with Gasteiger partial charge in [-0.15, -0.1) is 13.2 Å². The van der Waals surface area contributed by atoms with Gasteiger partial charge < -0.3 is 10.1 Å². The van der Waals surface area contributed by atoms with Crippen molar-refractivity contribution in [3.8, 4) is 5.75 Å². The fourth-order valence-electron chi connectivity index (χ4n) is 3.13. The average molecular weight is 447 g/mol. The normalized spacial score (nSPS) is 16.9. The largest absolute Gasteiger partial charge is 0.573 e. The van der Waals surface area contributed by atoms with E-state index < -0.39 is 34.0 Å². The number of nitrogens with one attached hydrogen (secondary N) is 2. The van der Waals surface area contributed by atoms with Crippen molar-refractivity contribution >= 4 is 10.0 Å². The van der Waals surface area contributed by atoms with Crippen LogP contribution in [0, 0.1) is 5.82 Å². The van der Waals surface area contributed by atoms with Gasteiger partial charge >= 0.3 is 6.36 Å². The molecule has 0 bridgehead atoms. The van der Waals surface area contributed by atoms with Gasteiger partial charge in [0, 0.05) is 32.7 Å². The first kappa shape index (κ1) is 22.5. The molecular weight excluding hydrogens is 426 g/mol. The molecule has 2 aromatic rings. The first-order chi connectivity index (χ1) is 14.1. The van der Waals surface area contributed by atoms with Gasteiger partial charge in [-0.1, -0.05) is 12.1 Å². The number of piperazine rings is 1. The molecule has 0 aromatic heterocycles.